The molecule has 0 bridgehead atoms. The molecule has 0 aliphatic carbocycles. The molecule has 2 heterocycles. The van der Waals surface area contributed by atoms with Crippen molar-refractivity contribution in [2.24, 2.45) is 0 Å². The van der Waals surface area contributed by atoms with Gasteiger partial charge in [0.05, 0.1) is 20.2 Å². The number of hydrogen-bond donors (Lipinski definition) is 1. The van der Waals surface area contributed by atoms with Crippen molar-refractivity contribution in [2.75, 3.05) is 13.1 Å². The Labute approximate surface area is 230 Å². The first-order valence-corrected chi connectivity index (χ1v) is 15.4. The number of benzene rings is 2. The third-order valence-electron chi connectivity index (χ3n) is 7.01. The molecule has 0 radical (unpaired) electrons. The largest absolute Gasteiger partial charge is 0.444 e. The summed E-state index contributed by atoms with van der Waals surface area (Å²) in [4.78, 5) is 11.4. The summed E-state index contributed by atoms with van der Waals surface area (Å²) in [5, 5.41) is 0. The number of fused-ring (bicyclic) bond motifs is 2. The number of sulfonamides is 1. The van der Waals surface area contributed by atoms with Gasteiger partial charge in [-0.25, -0.2) is 30.7 Å². The Hall–Kier alpha value is -2.71. The van der Waals surface area contributed by atoms with Crippen molar-refractivity contribution < 1.29 is 43.9 Å². The summed E-state index contributed by atoms with van der Waals surface area (Å²) >= 11 is 0. The highest BCUT2D eigenvalue weighted by Crippen LogP contribution is 2.49. The Kier molecular flexibility index (Phi) is 7.33. The lowest BCUT2D eigenvalue weighted by atomic mass is 9.77. The Balaban J connectivity index is 1.73. The molecule has 0 aromatic heterocycles. The maximum absolute atomic E-state index is 14.2. The highest BCUT2D eigenvalue weighted by atomic mass is 32.2. The number of amides is 1. The predicted octanol–water partition coefficient (Wildman–Crippen LogP) is 4.99. The number of halogens is 4. The second kappa shape index (κ2) is 9.69. The molecule has 220 valence electrons. The molecule has 0 unspecified atom stereocenters. The number of carbonyl (C=O) groups excluding carboxylic acids is 1. The van der Waals surface area contributed by atoms with Gasteiger partial charge in [-0.2, -0.15) is 13.2 Å². The van der Waals surface area contributed by atoms with Crippen LogP contribution in [0.3, 0.4) is 0 Å². The van der Waals surface area contributed by atoms with Gasteiger partial charge in [0, 0.05) is 24.5 Å². The van der Waals surface area contributed by atoms with Gasteiger partial charge in [-0.15, -0.1) is 0 Å². The van der Waals surface area contributed by atoms with Gasteiger partial charge < -0.3 is 9.64 Å². The number of piperidine rings is 1. The van der Waals surface area contributed by atoms with Crippen molar-refractivity contribution in [1.29, 1.82) is 0 Å². The molecular formula is C26H30F4N2O6S2. The van der Waals surface area contributed by atoms with Crippen LogP contribution in [0.1, 0.15) is 64.2 Å². The van der Waals surface area contributed by atoms with Crippen LogP contribution < -0.4 is 4.72 Å². The van der Waals surface area contributed by atoms with Gasteiger partial charge in [-0.1, -0.05) is 19.9 Å². The van der Waals surface area contributed by atoms with Gasteiger partial charge >= 0.3 is 12.3 Å². The third-order valence-corrected chi connectivity index (χ3v) is 10.4. The zero-order valence-electron chi connectivity index (χ0n) is 22.5. The minimum Gasteiger partial charge on any atom is -0.444 e. The number of nitrogens with one attached hydrogen (secondary N) is 1. The van der Waals surface area contributed by atoms with Crippen LogP contribution in [0.5, 0.6) is 0 Å². The lowest BCUT2D eigenvalue weighted by Gasteiger charge is -2.36. The molecule has 4 rings (SSSR count). The molecule has 0 saturated carbocycles. The molecule has 40 heavy (non-hydrogen) atoms. The van der Waals surface area contributed by atoms with E-state index in [1.54, 1.807) is 20.8 Å². The molecule has 1 saturated heterocycles. The lowest BCUT2D eigenvalue weighted by molar-refractivity contribution is -0.140. The number of alkyl halides is 3. The van der Waals surface area contributed by atoms with E-state index < -0.39 is 75.3 Å². The van der Waals surface area contributed by atoms with Gasteiger partial charge in [-0.05, 0) is 69.0 Å². The maximum atomic E-state index is 14.2. The van der Waals surface area contributed by atoms with E-state index in [0.29, 0.717) is 12.1 Å². The highest BCUT2D eigenvalue weighted by molar-refractivity contribution is 7.92. The number of ether oxygens (including phenoxy) is 1. The maximum Gasteiger partial charge on any atom is 0.417 e. The van der Waals surface area contributed by atoms with Crippen LogP contribution in [0, 0.1) is 5.82 Å². The second-order valence-corrected chi connectivity index (χ2v) is 15.0. The fourth-order valence-corrected chi connectivity index (χ4v) is 8.61. The summed E-state index contributed by atoms with van der Waals surface area (Å²) in [6, 6.07) is 3.25. The van der Waals surface area contributed by atoms with Gasteiger partial charge in [0.15, 0.2) is 0 Å². The van der Waals surface area contributed by atoms with Crippen molar-refractivity contribution in [3.05, 3.63) is 52.8 Å². The minimum atomic E-state index is -5.14. The van der Waals surface area contributed by atoms with E-state index in [1.165, 1.54) is 24.8 Å². The average molecular weight is 607 g/mol. The van der Waals surface area contributed by atoms with Crippen molar-refractivity contribution in [1.82, 2.24) is 9.62 Å². The first-order valence-electron chi connectivity index (χ1n) is 12.5. The van der Waals surface area contributed by atoms with Crippen molar-refractivity contribution in [2.45, 2.75) is 85.4 Å². The zero-order valence-corrected chi connectivity index (χ0v) is 24.2. The molecular weight excluding hydrogens is 576 g/mol. The van der Waals surface area contributed by atoms with E-state index in [9.17, 15) is 39.2 Å². The average Bonchev–Trinajstić information content (AvgIpc) is 2.81. The highest BCUT2D eigenvalue weighted by Gasteiger charge is 2.46. The molecule has 2 aliphatic rings. The van der Waals surface area contributed by atoms with Gasteiger partial charge in [0.2, 0.25) is 19.9 Å². The normalized spacial score (nSPS) is 19.1. The Morgan fingerprint density at radius 1 is 1.02 bits per heavy atom. The standard InChI is InChI=1S/C26H30F4N2O6S2/c1-24(2,3)38-23(33)32-10-8-16(9-11-32)31-40(36,37)22-14-21-18(13-19(22)26(28,29)30)25(4,5)17-7-6-15(27)12-20(17)39(21,34)35/h6-7,12-14,16,31H,8-11H2,1-5H3. The van der Waals surface area contributed by atoms with Crippen LogP contribution in [-0.4, -0.2) is 52.6 Å². The molecule has 14 heteroatoms. The molecule has 8 nitrogen and oxygen atoms in total. The van der Waals surface area contributed by atoms with Crippen LogP contribution in [-0.2, 0) is 36.2 Å². The summed E-state index contributed by atoms with van der Waals surface area (Å²) in [7, 11) is -9.45. The van der Waals surface area contributed by atoms with Crippen LogP contribution in [0.15, 0.2) is 45.0 Å². The predicted molar refractivity (Wildman–Crippen MR) is 137 cm³/mol. The fourth-order valence-electron chi connectivity index (χ4n) is 5.00. The Morgan fingerprint density at radius 3 is 2.15 bits per heavy atom. The van der Waals surface area contributed by atoms with Gasteiger partial charge in [0.1, 0.15) is 11.4 Å². The van der Waals surface area contributed by atoms with Crippen LogP contribution >= 0.6 is 0 Å². The van der Waals surface area contributed by atoms with Crippen LogP contribution in [0.4, 0.5) is 22.4 Å². The molecule has 1 fully saturated rings. The molecule has 1 amide bonds. The molecule has 2 aromatic rings. The van der Waals surface area contributed by atoms with E-state index in [4.69, 9.17) is 4.74 Å². The zero-order chi connectivity index (χ0) is 30.1. The topological polar surface area (TPSA) is 110 Å². The summed E-state index contributed by atoms with van der Waals surface area (Å²) in [6.07, 6.45) is -5.53. The first kappa shape index (κ1) is 30.3. The molecule has 0 spiro atoms. The summed E-state index contributed by atoms with van der Waals surface area (Å²) < 4.78 is 118. The Bertz CT molecular complexity index is 1570. The number of likely N-dealkylation sites (tertiary alicyclic amines) is 1. The van der Waals surface area contributed by atoms with E-state index >= 15 is 0 Å². The van der Waals surface area contributed by atoms with E-state index in [-0.39, 0.29) is 37.1 Å². The number of sulfone groups is 1. The lowest BCUT2D eigenvalue weighted by Crippen LogP contribution is -2.48. The van der Waals surface area contributed by atoms with Gasteiger partial charge in [-0.3, -0.25) is 0 Å². The van der Waals surface area contributed by atoms with Crippen molar-refractivity contribution >= 4 is 26.0 Å². The van der Waals surface area contributed by atoms with Crippen molar-refractivity contribution in [3.8, 4) is 0 Å². The SMILES string of the molecule is CC(C)(C)OC(=O)N1CCC(NS(=O)(=O)c2cc3c(cc2C(F)(F)F)C(C)(C)c2ccc(F)cc2S3(=O)=O)CC1. The molecule has 2 aliphatic heterocycles. The second-order valence-electron chi connectivity index (χ2n) is 11.5. The number of nitrogens with zero attached hydrogens (tertiary/aromatic N) is 1. The number of hydrogen-bond acceptors (Lipinski definition) is 6. The van der Waals surface area contributed by atoms with E-state index in [2.05, 4.69) is 4.72 Å². The third kappa shape index (κ3) is 5.57. The van der Waals surface area contributed by atoms with Crippen LogP contribution in [0.2, 0.25) is 0 Å². The summed E-state index contributed by atoms with van der Waals surface area (Å²) in [5.74, 6) is -0.860. The molecule has 2 aromatic carbocycles. The smallest absolute Gasteiger partial charge is 0.417 e. The van der Waals surface area contributed by atoms with Gasteiger partial charge in [0.25, 0.3) is 0 Å². The van der Waals surface area contributed by atoms with Crippen LogP contribution in [0.25, 0.3) is 0 Å². The van der Waals surface area contributed by atoms with E-state index in [1.807, 2.05) is 0 Å². The Morgan fingerprint density at radius 2 is 1.60 bits per heavy atom. The summed E-state index contributed by atoms with van der Waals surface area (Å²) in [6.45, 7) is 8.26. The summed E-state index contributed by atoms with van der Waals surface area (Å²) in [5.41, 5.74) is -3.72. The number of carbonyl (C=O) groups is 1. The fraction of sp³-hybridized carbons (Fsp3) is 0.500. The van der Waals surface area contributed by atoms with E-state index in [0.717, 1.165) is 12.1 Å². The monoisotopic (exact) mass is 606 g/mol. The number of rotatable bonds is 3. The molecule has 0 atom stereocenters. The molecule has 1 N–H and O–H groups in total. The van der Waals surface area contributed by atoms with Crippen molar-refractivity contribution in [3.63, 3.8) is 0 Å². The minimum absolute atomic E-state index is 0.0972. The first-order chi connectivity index (χ1) is 18.1. The quantitative estimate of drug-likeness (QED) is 0.493.